The Morgan fingerprint density at radius 2 is 2.00 bits per heavy atom. The predicted octanol–water partition coefficient (Wildman–Crippen LogP) is 4.12. The second kappa shape index (κ2) is 8.27. The van der Waals surface area contributed by atoms with Gasteiger partial charge >= 0.3 is 0 Å². The topological polar surface area (TPSA) is 71.2 Å². The SMILES string of the molecule is Cc1nc(C#N)cc2c1cc(Cc1c(Cl)ccc(C(=O)N3CCOCC3)c1Cl)n2C. The summed E-state index contributed by atoms with van der Waals surface area (Å²) < 4.78 is 7.34. The zero-order valence-electron chi connectivity index (χ0n) is 16.7. The number of benzene rings is 1. The Kier molecular flexibility index (Phi) is 5.70. The molecule has 0 saturated carbocycles. The van der Waals surface area contributed by atoms with Gasteiger partial charge in [-0.15, -0.1) is 0 Å². The Hall–Kier alpha value is -2.59. The molecule has 3 aromatic rings. The van der Waals surface area contributed by atoms with Gasteiger partial charge in [0.1, 0.15) is 11.8 Å². The van der Waals surface area contributed by atoms with Crippen LogP contribution in [0.15, 0.2) is 24.3 Å². The summed E-state index contributed by atoms with van der Waals surface area (Å²) in [5.41, 5.74) is 4.20. The predicted molar refractivity (Wildman–Crippen MR) is 116 cm³/mol. The van der Waals surface area contributed by atoms with Crippen LogP contribution in [0.1, 0.15) is 33.0 Å². The van der Waals surface area contributed by atoms with Crippen LogP contribution in [0.25, 0.3) is 10.9 Å². The number of ether oxygens (including phenoxy) is 1. The number of morpholine rings is 1. The molecule has 1 aliphatic heterocycles. The van der Waals surface area contributed by atoms with Crippen molar-refractivity contribution in [3.8, 4) is 6.07 Å². The van der Waals surface area contributed by atoms with E-state index < -0.39 is 0 Å². The number of nitriles is 1. The van der Waals surface area contributed by atoms with Crippen molar-refractivity contribution in [2.45, 2.75) is 13.3 Å². The van der Waals surface area contributed by atoms with Gasteiger partial charge in [0.15, 0.2) is 0 Å². The molecule has 1 saturated heterocycles. The van der Waals surface area contributed by atoms with Crippen LogP contribution in [0.5, 0.6) is 0 Å². The fourth-order valence-electron chi connectivity index (χ4n) is 3.81. The minimum Gasteiger partial charge on any atom is -0.378 e. The molecule has 0 N–H and O–H groups in total. The first-order valence-electron chi connectivity index (χ1n) is 9.60. The number of pyridine rings is 1. The molecule has 0 atom stereocenters. The molecule has 2 aromatic heterocycles. The first-order chi connectivity index (χ1) is 14.4. The summed E-state index contributed by atoms with van der Waals surface area (Å²) in [7, 11) is 1.93. The van der Waals surface area contributed by atoms with Crippen LogP contribution < -0.4 is 0 Å². The number of halogens is 2. The lowest BCUT2D eigenvalue weighted by Crippen LogP contribution is -2.40. The first-order valence-corrected chi connectivity index (χ1v) is 10.4. The monoisotopic (exact) mass is 442 g/mol. The van der Waals surface area contributed by atoms with Crippen molar-refractivity contribution in [3.63, 3.8) is 0 Å². The Bertz CT molecular complexity index is 1190. The summed E-state index contributed by atoms with van der Waals surface area (Å²) in [6.45, 7) is 4.03. The van der Waals surface area contributed by atoms with Gasteiger partial charge in [0, 0.05) is 48.4 Å². The van der Waals surface area contributed by atoms with Crippen LogP contribution in [0.2, 0.25) is 10.0 Å². The number of aryl methyl sites for hydroxylation is 2. The van der Waals surface area contributed by atoms with Crippen molar-refractivity contribution >= 4 is 40.0 Å². The van der Waals surface area contributed by atoms with Gasteiger partial charge in [-0.3, -0.25) is 4.79 Å². The molecule has 1 aromatic carbocycles. The molecule has 0 spiro atoms. The lowest BCUT2D eigenvalue weighted by atomic mass is 10.0. The van der Waals surface area contributed by atoms with Crippen LogP contribution in [0.3, 0.4) is 0 Å². The molecular weight excluding hydrogens is 423 g/mol. The minimum absolute atomic E-state index is 0.114. The van der Waals surface area contributed by atoms with Crippen LogP contribution in [0.4, 0.5) is 0 Å². The van der Waals surface area contributed by atoms with Gasteiger partial charge in [-0.05, 0) is 36.8 Å². The molecule has 154 valence electrons. The molecule has 4 rings (SSSR count). The van der Waals surface area contributed by atoms with Crippen molar-refractivity contribution in [1.29, 1.82) is 5.26 Å². The number of nitrogens with zero attached hydrogens (tertiary/aromatic N) is 4. The second-order valence-corrected chi connectivity index (χ2v) is 8.09. The van der Waals surface area contributed by atoms with Gasteiger partial charge in [-0.2, -0.15) is 5.26 Å². The number of carbonyl (C=O) groups excluding carboxylic acids is 1. The standard InChI is InChI=1S/C22H20Cl2N4O2/c1-13-17-10-15(27(2)20(17)9-14(12-25)26-13)11-18-19(23)4-3-16(21(18)24)22(29)28-5-7-30-8-6-28/h3-4,9-10H,5-8,11H2,1-2H3. The van der Waals surface area contributed by atoms with E-state index in [1.165, 1.54) is 0 Å². The van der Waals surface area contributed by atoms with Crippen molar-refractivity contribution in [2.75, 3.05) is 26.3 Å². The van der Waals surface area contributed by atoms with Crippen molar-refractivity contribution < 1.29 is 9.53 Å². The highest BCUT2D eigenvalue weighted by Crippen LogP contribution is 2.33. The van der Waals surface area contributed by atoms with E-state index in [1.54, 1.807) is 23.1 Å². The third-order valence-corrected chi connectivity index (χ3v) is 6.30. The van der Waals surface area contributed by atoms with Gasteiger partial charge in [0.05, 0.1) is 29.3 Å². The molecular formula is C22H20Cl2N4O2. The number of amides is 1. The van der Waals surface area contributed by atoms with Crippen molar-refractivity contribution in [3.05, 3.63) is 62.5 Å². The average Bonchev–Trinajstić information content (AvgIpc) is 3.07. The van der Waals surface area contributed by atoms with Crippen molar-refractivity contribution in [2.24, 2.45) is 7.05 Å². The van der Waals surface area contributed by atoms with Gasteiger partial charge in [-0.1, -0.05) is 23.2 Å². The Balaban J connectivity index is 1.73. The van der Waals surface area contributed by atoms with Crippen molar-refractivity contribution in [1.82, 2.24) is 14.5 Å². The van der Waals surface area contributed by atoms with Gasteiger partial charge in [-0.25, -0.2) is 4.98 Å². The van der Waals surface area contributed by atoms with E-state index in [4.69, 9.17) is 27.9 Å². The largest absolute Gasteiger partial charge is 0.378 e. The van der Waals surface area contributed by atoms with E-state index in [1.807, 2.05) is 24.6 Å². The van der Waals surface area contributed by atoms with Gasteiger partial charge in [0.2, 0.25) is 0 Å². The second-order valence-electron chi connectivity index (χ2n) is 7.30. The van der Waals surface area contributed by atoms with E-state index in [9.17, 15) is 10.1 Å². The van der Waals surface area contributed by atoms with Crippen LogP contribution in [0, 0.1) is 18.3 Å². The zero-order chi connectivity index (χ0) is 21.4. The molecule has 30 heavy (non-hydrogen) atoms. The quantitative estimate of drug-likeness (QED) is 0.611. The third kappa shape index (κ3) is 3.65. The maximum absolute atomic E-state index is 13.0. The minimum atomic E-state index is -0.114. The zero-order valence-corrected chi connectivity index (χ0v) is 18.2. The van der Waals surface area contributed by atoms with Crippen LogP contribution >= 0.6 is 23.2 Å². The molecule has 1 aliphatic rings. The highest BCUT2D eigenvalue weighted by molar-refractivity contribution is 6.38. The fourth-order valence-corrected chi connectivity index (χ4v) is 4.39. The Morgan fingerprint density at radius 1 is 1.27 bits per heavy atom. The summed E-state index contributed by atoms with van der Waals surface area (Å²) in [5.74, 6) is -0.114. The van der Waals surface area contributed by atoms with E-state index in [0.717, 1.165) is 22.3 Å². The van der Waals surface area contributed by atoms with Gasteiger partial charge < -0.3 is 14.2 Å². The highest BCUT2D eigenvalue weighted by Gasteiger charge is 2.23. The van der Waals surface area contributed by atoms with Crippen LogP contribution in [-0.4, -0.2) is 46.7 Å². The highest BCUT2D eigenvalue weighted by atomic mass is 35.5. The molecule has 8 heteroatoms. The Morgan fingerprint density at radius 3 is 2.70 bits per heavy atom. The first kappa shape index (κ1) is 20.7. The van der Waals surface area contributed by atoms with E-state index >= 15 is 0 Å². The number of aromatic nitrogens is 2. The molecule has 3 heterocycles. The Labute approximate surface area is 184 Å². The van der Waals surface area contributed by atoms with Crippen LogP contribution in [-0.2, 0) is 18.2 Å². The summed E-state index contributed by atoms with van der Waals surface area (Å²) in [6.07, 6.45) is 0.453. The summed E-state index contributed by atoms with van der Waals surface area (Å²) in [4.78, 5) is 19.0. The van der Waals surface area contributed by atoms with E-state index in [0.29, 0.717) is 59.6 Å². The number of rotatable bonds is 3. The summed E-state index contributed by atoms with van der Waals surface area (Å²) >= 11 is 13.2. The summed E-state index contributed by atoms with van der Waals surface area (Å²) in [6, 6.07) is 9.30. The number of fused-ring (bicyclic) bond motifs is 1. The molecule has 1 amide bonds. The molecule has 1 fully saturated rings. The number of hydrogen-bond acceptors (Lipinski definition) is 4. The van der Waals surface area contributed by atoms with E-state index in [2.05, 4.69) is 11.1 Å². The molecule has 0 aliphatic carbocycles. The number of hydrogen-bond donors (Lipinski definition) is 0. The maximum Gasteiger partial charge on any atom is 0.255 e. The van der Waals surface area contributed by atoms with E-state index in [-0.39, 0.29) is 5.91 Å². The normalized spacial score (nSPS) is 14.2. The lowest BCUT2D eigenvalue weighted by molar-refractivity contribution is 0.0303. The lowest BCUT2D eigenvalue weighted by Gasteiger charge is -2.27. The smallest absolute Gasteiger partial charge is 0.255 e. The molecule has 0 bridgehead atoms. The molecule has 0 unspecified atom stereocenters. The average molecular weight is 443 g/mol. The maximum atomic E-state index is 13.0. The third-order valence-electron chi connectivity index (χ3n) is 5.52. The van der Waals surface area contributed by atoms with Gasteiger partial charge in [0.25, 0.3) is 5.91 Å². The molecule has 6 nitrogen and oxygen atoms in total. The number of carbonyl (C=O) groups is 1. The summed E-state index contributed by atoms with van der Waals surface area (Å²) in [5, 5.41) is 11.1. The fraction of sp³-hybridized carbons (Fsp3) is 0.318. The molecule has 0 radical (unpaired) electrons.